The van der Waals surface area contributed by atoms with Crippen molar-refractivity contribution < 1.29 is 9.90 Å². The first-order valence-electron chi connectivity index (χ1n) is 6.19. The summed E-state index contributed by atoms with van der Waals surface area (Å²) in [6, 6.07) is 7.04. The van der Waals surface area contributed by atoms with Crippen LogP contribution in [0.3, 0.4) is 0 Å². The standard InChI is InChI=1S/C14H22N2O2/c1-9(2)13(15)14(18)16-8-12(17)11-6-4-10(3)5-7-11/h4-7,9,12-13,17H,8,15H2,1-3H3,(H,16,18)/t12?,13-/m0/s1. The molecule has 0 bridgehead atoms. The Morgan fingerprint density at radius 3 is 2.39 bits per heavy atom. The van der Waals surface area contributed by atoms with Crippen molar-refractivity contribution in [2.75, 3.05) is 6.54 Å². The molecule has 4 nitrogen and oxygen atoms in total. The van der Waals surface area contributed by atoms with Crippen molar-refractivity contribution in [3.63, 3.8) is 0 Å². The minimum absolute atomic E-state index is 0.0847. The van der Waals surface area contributed by atoms with Gasteiger partial charge in [-0.15, -0.1) is 0 Å². The van der Waals surface area contributed by atoms with Crippen LogP contribution >= 0.6 is 0 Å². The maximum atomic E-state index is 11.6. The van der Waals surface area contributed by atoms with Gasteiger partial charge in [-0.05, 0) is 18.4 Å². The van der Waals surface area contributed by atoms with Crippen molar-refractivity contribution >= 4 is 5.91 Å². The van der Waals surface area contributed by atoms with Gasteiger partial charge < -0.3 is 16.2 Å². The molecule has 1 amide bonds. The summed E-state index contributed by atoms with van der Waals surface area (Å²) in [6.45, 7) is 5.95. The number of hydrogen-bond donors (Lipinski definition) is 3. The predicted molar refractivity (Wildman–Crippen MR) is 72.0 cm³/mol. The van der Waals surface area contributed by atoms with Gasteiger partial charge in [0.1, 0.15) is 0 Å². The number of carbonyl (C=O) groups excluding carboxylic acids is 1. The van der Waals surface area contributed by atoms with E-state index in [0.29, 0.717) is 0 Å². The Kier molecular flexibility index (Phi) is 5.31. The molecular formula is C14H22N2O2. The van der Waals surface area contributed by atoms with Gasteiger partial charge in [-0.3, -0.25) is 4.79 Å². The fourth-order valence-corrected chi connectivity index (χ4v) is 1.52. The summed E-state index contributed by atoms with van der Waals surface area (Å²) in [5, 5.41) is 12.6. The molecule has 1 unspecified atom stereocenters. The monoisotopic (exact) mass is 250 g/mol. The van der Waals surface area contributed by atoms with E-state index in [4.69, 9.17) is 5.73 Å². The lowest BCUT2D eigenvalue weighted by Gasteiger charge is -2.17. The second kappa shape index (κ2) is 6.52. The summed E-state index contributed by atoms with van der Waals surface area (Å²) in [4.78, 5) is 11.6. The van der Waals surface area contributed by atoms with E-state index < -0.39 is 12.1 Å². The number of carbonyl (C=O) groups is 1. The van der Waals surface area contributed by atoms with E-state index in [1.807, 2.05) is 45.0 Å². The molecule has 1 aromatic rings. The van der Waals surface area contributed by atoms with Gasteiger partial charge in [0.25, 0.3) is 0 Å². The van der Waals surface area contributed by atoms with Crippen molar-refractivity contribution in [2.24, 2.45) is 11.7 Å². The first-order valence-corrected chi connectivity index (χ1v) is 6.19. The van der Waals surface area contributed by atoms with Crippen LogP contribution in [-0.2, 0) is 4.79 Å². The summed E-state index contributed by atoms with van der Waals surface area (Å²) in [7, 11) is 0. The maximum absolute atomic E-state index is 11.6. The van der Waals surface area contributed by atoms with Crippen LogP contribution in [0.4, 0.5) is 0 Å². The molecule has 0 fully saturated rings. The van der Waals surface area contributed by atoms with Crippen LogP contribution in [0, 0.1) is 12.8 Å². The molecule has 0 aliphatic heterocycles. The van der Waals surface area contributed by atoms with Crippen molar-refractivity contribution in [3.05, 3.63) is 35.4 Å². The molecule has 0 aromatic heterocycles. The number of amides is 1. The molecule has 18 heavy (non-hydrogen) atoms. The van der Waals surface area contributed by atoms with Crippen LogP contribution < -0.4 is 11.1 Å². The topological polar surface area (TPSA) is 75.3 Å². The molecule has 2 atom stereocenters. The Balaban J connectivity index is 2.48. The lowest BCUT2D eigenvalue weighted by molar-refractivity contribution is -0.123. The third kappa shape index (κ3) is 4.13. The van der Waals surface area contributed by atoms with Crippen LogP contribution in [0.5, 0.6) is 0 Å². The molecule has 0 saturated carbocycles. The van der Waals surface area contributed by atoms with Gasteiger partial charge in [-0.1, -0.05) is 43.7 Å². The molecular weight excluding hydrogens is 228 g/mol. The molecule has 4 N–H and O–H groups in total. The second-order valence-corrected chi connectivity index (χ2v) is 4.94. The van der Waals surface area contributed by atoms with Gasteiger partial charge in [0.2, 0.25) is 5.91 Å². The number of hydrogen-bond acceptors (Lipinski definition) is 3. The molecule has 0 aliphatic carbocycles. The highest BCUT2D eigenvalue weighted by Gasteiger charge is 2.18. The van der Waals surface area contributed by atoms with Gasteiger partial charge in [0, 0.05) is 6.54 Å². The average Bonchev–Trinajstić information content (AvgIpc) is 2.35. The maximum Gasteiger partial charge on any atom is 0.237 e. The second-order valence-electron chi connectivity index (χ2n) is 4.94. The largest absolute Gasteiger partial charge is 0.387 e. The SMILES string of the molecule is Cc1ccc(C(O)CNC(=O)[C@@H](N)C(C)C)cc1. The lowest BCUT2D eigenvalue weighted by atomic mass is 10.0. The van der Waals surface area contributed by atoms with E-state index in [9.17, 15) is 9.90 Å². The van der Waals surface area contributed by atoms with E-state index in [-0.39, 0.29) is 18.4 Å². The molecule has 4 heteroatoms. The normalized spacial score (nSPS) is 14.3. The van der Waals surface area contributed by atoms with Gasteiger partial charge in [-0.2, -0.15) is 0 Å². The number of aryl methyl sites for hydroxylation is 1. The highest BCUT2D eigenvalue weighted by Crippen LogP contribution is 2.12. The van der Waals surface area contributed by atoms with Crippen molar-refractivity contribution in [3.8, 4) is 0 Å². The van der Waals surface area contributed by atoms with Crippen LogP contribution in [0.15, 0.2) is 24.3 Å². The zero-order valence-corrected chi connectivity index (χ0v) is 11.2. The number of nitrogens with one attached hydrogen (secondary N) is 1. The number of aliphatic hydroxyl groups excluding tert-OH is 1. The van der Waals surface area contributed by atoms with Gasteiger partial charge in [-0.25, -0.2) is 0 Å². The third-order valence-electron chi connectivity index (χ3n) is 2.95. The van der Waals surface area contributed by atoms with Gasteiger partial charge >= 0.3 is 0 Å². The van der Waals surface area contributed by atoms with Gasteiger partial charge in [0.15, 0.2) is 0 Å². The highest BCUT2D eigenvalue weighted by molar-refractivity contribution is 5.81. The summed E-state index contributed by atoms with van der Waals surface area (Å²) < 4.78 is 0. The lowest BCUT2D eigenvalue weighted by Crippen LogP contribution is -2.45. The molecule has 1 rings (SSSR count). The fraction of sp³-hybridized carbons (Fsp3) is 0.500. The third-order valence-corrected chi connectivity index (χ3v) is 2.95. The van der Waals surface area contributed by atoms with Crippen LogP contribution in [-0.4, -0.2) is 23.6 Å². The number of rotatable bonds is 5. The summed E-state index contributed by atoms with van der Waals surface area (Å²) >= 11 is 0. The average molecular weight is 250 g/mol. The van der Waals surface area contributed by atoms with Crippen LogP contribution in [0.2, 0.25) is 0 Å². The van der Waals surface area contributed by atoms with Crippen molar-refractivity contribution in [1.82, 2.24) is 5.32 Å². The molecule has 0 radical (unpaired) electrons. The molecule has 0 aliphatic rings. The molecule has 100 valence electrons. The zero-order chi connectivity index (χ0) is 13.7. The first kappa shape index (κ1) is 14.7. The molecule has 1 aromatic carbocycles. The summed E-state index contributed by atoms with van der Waals surface area (Å²) in [5.41, 5.74) is 7.64. The number of nitrogens with two attached hydrogens (primary N) is 1. The number of aliphatic hydroxyl groups is 1. The Hall–Kier alpha value is -1.39. The minimum Gasteiger partial charge on any atom is -0.387 e. The van der Waals surface area contributed by atoms with E-state index in [0.717, 1.165) is 11.1 Å². The molecule has 0 spiro atoms. The zero-order valence-electron chi connectivity index (χ0n) is 11.2. The Morgan fingerprint density at radius 2 is 1.89 bits per heavy atom. The van der Waals surface area contributed by atoms with E-state index in [1.54, 1.807) is 0 Å². The van der Waals surface area contributed by atoms with Gasteiger partial charge in [0.05, 0.1) is 12.1 Å². The smallest absolute Gasteiger partial charge is 0.237 e. The molecule has 0 heterocycles. The van der Waals surface area contributed by atoms with E-state index in [1.165, 1.54) is 0 Å². The summed E-state index contributed by atoms with van der Waals surface area (Å²) in [5.74, 6) is -0.141. The Labute approximate surface area is 108 Å². The van der Waals surface area contributed by atoms with E-state index in [2.05, 4.69) is 5.32 Å². The fourth-order valence-electron chi connectivity index (χ4n) is 1.52. The Morgan fingerprint density at radius 1 is 1.33 bits per heavy atom. The molecule has 0 saturated heterocycles. The quantitative estimate of drug-likeness (QED) is 0.733. The van der Waals surface area contributed by atoms with Crippen LogP contribution in [0.25, 0.3) is 0 Å². The first-order chi connectivity index (χ1) is 8.41. The summed E-state index contributed by atoms with van der Waals surface area (Å²) in [6.07, 6.45) is -0.700. The van der Waals surface area contributed by atoms with Crippen molar-refractivity contribution in [2.45, 2.75) is 32.9 Å². The minimum atomic E-state index is -0.700. The van der Waals surface area contributed by atoms with Crippen molar-refractivity contribution in [1.29, 1.82) is 0 Å². The highest BCUT2D eigenvalue weighted by atomic mass is 16.3. The predicted octanol–water partition coefficient (Wildman–Crippen LogP) is 1.13. The Bertz CT molecular complexity index is 387. The number of benzene rings is 1. The van der Waals surface area contributed by atoms with Crippen LogP contribution in [0.1, 0.15) is 31.1 Å². The van der Waals surface area contributed by atoms with E-state index >= 15 is 0 Å².